The van der Waals surface area contributed by atoms with Crippen LogP contribution in [0.2, 0.25) is 0 Å². The van der Waals surface area contributed by atoms with Gasteiger partial charge in [0, 0.05) is 15.7 Å². The Balaban J connectivity index is 1.51. The molecule has 0 aliphatic rings. The number of halogens is 1. The van der Waals surface area contributed by atoms with Crippen molar-refractivity contribution >= 4 is 38.6 Å². The lowest BCUT2D eigenvalue weighted by molar-refractivity contribution is -0.119. The highest BCUT2D eigenvalue weighted by molar-refractivity contribution is 9.10. The standard InChI is InChI=1S/C17H14BrN7O2/c1-9(25-23-15(22-24-25)10-2-4-11(18)5-3-10)16(26)19-12-6-7-13-14(8-12)21-17(27)20-13/h2-9H,1H3,(H,19,26)(H2,20,21,27). The molecule has 2 heterocycles. The van der Waals surface area contributed by atoms with Gasteiger partial charge in [-0.2, -0.15) is 4.80 Å². The minimum absolute atomic E-state index is 0.297. The van der Waals surface area contributed by atoms with Gasteiger partial charge in [-0.1, -0.05) is 15.9 Å². The quantitative estimate of drug-likeness (QED) is 0.461. The van der Waals surface area contributed by atoms with Crippen LogP contribution in [0.1, 0.15) is 13.0 Å². The third-order valence-corrected chi connectivity index (χ3v) is 4.57. The van der Waals surface area contributed by atoms with Crippen LogP contribution in [0.3, 0.4) is 0 Å². The van der Waals surface area contributed by atoms with Gasteiger partial charge in [0.25, 0.3) is 5.91 Å². The maximum Gasteiger partial charge on any atom is 0.323 e. The van der Waals surface area contributed by atoms with Crippen LogP contribution < -0.4 is 11.0 Å². The molecule has 2 aromatic carbocycles. The summed E-state index contributed by atoms with van der Waals surface area (Å²) in [6.07, 6.45) is 0. The van der Waals surface area contributed by atoms with E-state index in [1.807, 2.05) is 24.3 Å². The molecule has 1 amide bonds. The molecule has 3 N–H and O–H groups in total. The second-order valence-corrected chi connectivity index (χ2v) is 6.86. The highest BCUT2D eigenvalue weighted by Crippen LogP contribution is 2.19. The van der Waals surface area contributed by atoms with E-state index in [9.17, 15) is 9.59 Å². The summed E-state index contributed by atoms with van der Waals surface area (Å²) < 4.78 is 0.951. The summed E-state index contributed by atoms with van der Waals surface area (Å²) in [5, 5.41) is 15.1. The van der Waals surface area contributed by atoms with Crippen LogP contribution in [0.5, 0.6) is 0 Å². The number of anilines is 1. The summed E-state index contributed by atoms with van der Waals surface area (Å²) in [5.41, 5.74) is 2.35. The molecule has 1 atom stereocenters. The Kier molecular flexibility index (Phi) is 4.32. The fourth-order valence-electron chi connectivity index (χ4n) is 2.57. The summed E-state index contributed by atoms with van der Waals surface area (Å²) in [4.78, 5) is 30.4. The summed E-state index contributed by atoms with van der Waals surface area (Å²) in [7, 11) is 0. The fraction of sp³-hybridized carbons (Fsp3) is 0.118. The van der Waals surface area contributed by atoms with Crippen molar-refractivity contribution in [2.45, 2.75) is 13.0 Å². The molecule has 2 aromatic heterocycles. The van der Waals surface area contributed by atoms with Crippen LogP contribution in [0.4, 0.5) is 5.69 Å². The number of nitrogens with one attached hydrogen (secondary N) is 3. The largest absolute Gasteiger partial charge is 0.324 e. The lowest BCUT2D eigenvalue weighted by Crippen LogP contribution is -2.25. The van der Waals surface area contributed by atoms with E-state index in [4.69, 9.17) is 0 Å². The number of H-pyrrole nitrogens is 2. The number of aromatic nitrogens is 6. The number of tetrazole rings is 1. The number of benzene rings is 2. The molecule has 0 aliphatic carbocycles. The van der Waals surface area contributed by atoms with Crippen molar-refractivity contribution in [3.05, 3.63) is 57.4 Å². The molecule has 9 nitrogen and oxygen atoms in total. The molecule has 4 rings (SSSR count). The van der Waals surface area contributed by atoms with Crippen molar-refractivity contribution in [3.63, 3.8) is 0 Å². The van der Waals surface area contributed by atoms with Gasteiger partial charge in [-0.25, -0.2) is 4.79 Å². The first-order valence-electron chi connectivity index (χ1n) is 8.08. The van der Waals surface area contributed by atoms with E-state index in [1.54, 1.807) is 25.1 Å². The van der Waals surface area contributed by atoms with E-state index in [2.05, 4.69) is 46.6 Å². The topological polar surface area (TPSA) is 121 Å². The van der Waals surface area contributed by atoms with Crippen LogP contribution in [0.15, 0.2) is 51.7 Å². The van der Waals surface area contributed by atoms with Crippen molar-refractivity contribution in [1.82, 2.24) is 30.2 Å². The van der Waals surface area contributed by atoms with Gasteiger partial charge in [-0.3, -0.25) is 4.79 Å². The first-order chi connectivity index (χ1) is 13.0. The van der Waals surface area contributed by atoms with Gasteiger partial charge in [0.05, 0.1) is 11.0 Å². The maximum absolute atomic E-state index is 12.5. The number of nitrogens with zero attached hydrogens (tertiary/aromatic N) is 4. The third kappa shape index (κ3) is 3.51. The Morgan fingerprint density at radius 3 is 2.67 bits per heavy atom. The van der Waals surface area contributed by atoms with Gasteiger partial charge in [0.2, 0.25) is 5.82 Å². The Morgan fingerprint density at radius 2 is 1.89 bits per heavy atom. The number of carbonyl (C=O) groups excluding carboxylic acids is 1. The van der Waals surface area contributed by atoms with Gasteiger partial charge >= 0.3 is 5.69 Å². The molecule has 0 radical (unpaired) electrons. The second-order valence-electron chi connectivity index (χ2n) is 5.95. The van der Waals surface area contributed by atoms with Crippen molar-refractivity contribution in [3.8, 4) is 11.4 Å². The molecule has 0 fully saturated rings. The molecule has 0 saturated heterocycles. The van der Waals surface area contributed by atoms with Gasteiger partial charge in [-0.15, -0.1) is 10.2 Å². The van der Waals surface area contributed by atoms with Crippen molar-refractivity contribution < 1.29 is 4.79 Å². The number of hydrogen-bond donors (Lipinski definition) is 3. The van der Waals surface area contributed by atoms with Gasteiger partial charge in [-0.05, 0) is 54.6 Å². The number of imidazole rings is 1. The van der Waals surface area contributed by atoms with Crippen molar-refractivity contribution in [1.29, 1.82) is 0 Å². The monoisotopic (exact) mass is 427 g/mol. The molecule has 4 aromatic rings. The average molecular weight is 428 g/mol. The van der Waals surface area contributed by atoms with E-state index < -0.39 is 6.04 Å². The molecule has 0 bridgehead atoms. The number of hydrogen-bond acceptors (Lipinski definition) is 5. The molecule has 136 valence electrons. The van der Waals surface area contributed by atoms with Crippen molar-refractivity contribution in [2.75, 3.05) is 5.32 Å². The molecular formula is C17H14BrN7O2. The highest BCUT2D eigenvalue weighted by atomic mass is 79.9. The predicted molar refractivity (Wildman–Crippen MR) is 103 cm³/mol. The smallest absolute Gasteiger partial charge is 0.323 e. The molecular weight excluding hydrogens is 414 g/mol. The van der Waals surface area contributed by atoms with Crippen LogP contribution >= 0.6 is 15.9 Å². The Bertz CT molecular complexity index is 1180. The first-order valence-corrected chi connectivity index (χ1v) is 8.87. The van der Waals surface area contributed by atoms with E-state index in [0.717, 1.165) is 10.0 Å². The zero-order valence-corrected chi connectivity index (χ0v) is 15.7. The molecule has 0 spiro atoms. The number of aromatic amines is 2. The van der Waals surface area contributed by atoms with Crippen LogP contribution in [-0.4, -0.2) is 36.1 Å². The molecule has 0 aliphatic heterocycles. The number of fused-ring (bicyclic) bond motifs is 1. The van der Waals surface area contributed by atoms with Gasteiger partial charge < -0.3 is 15.3 Å². The summed E-state index contributed by atoms with van der Waals surface area (Å²) in [6.45, 7) is 1.68. The van der Waals surface area contributed by atoms with E-state index >= 15 is 0 Å². The Hall–Kier alpha value is -3.27. The van der Waals surface area contributed by atoms with Crippen LogP contribution in [-0.2, 0) is 4.79 Å². The van der Waals surface area contributed by atoms with E-state index in [-0.39, 0.29) is 11.6 Å². The van der Waals surface area contributed by atoms with Crippen molar-refractivity contribution in [2.24, 2.45) is 0 Å². The van der Waals surface area contributed by atoms with Crippen LogP contribution in [0, 0.1) is 0 Å². The van der Waals surface area contributed by atoms with Gasteiger partial charge in [0.1, 0.15) is 6.04 Å². The van der Waals surface area contributed by atoms with Crippen LogP contribution in [0.25, 0.3) is 22.4 Å². The fourth-order valence-corrected chi connectivity index (χ4v) is 2.83. The first kappa shape index (κ1) is 17.2. The normalized spacial score (nSPS) is 12.2. The summed E-state index contributed by atoms with van der Waals surface area (Å²) in [5.74, 6) is 0.139. The lowest BCUT2D eigenvalue weighted by Gasteiger charge is -2.10. The summed E-state index contributed by atoms with van der Waals surface area (Å²) >= 11 is 3.38. The Labute approximate surface area is 160 Å². The number of carbonyl (C=O) groups is 1. The zero-order chi connectivity index (χ0) is 19.0. The zero-order valence-electron chi connectivity index (χ0n) is 14.1. The Morgan fingerprint density at radius 1 is 1.15 bits per heavy atom. The van der Waals surface area contributed by atoms with E-state index in [0.29, 0.717) is 22.5 Å². The SMILES string of the molecule is CC(C(=O)Nc1ccc2[nH]c(=O)[nH]c2c1)n1nnc(-c2ccc(Br)cc2)n1. The highest BCUT2D eigenvalue weighted by Gasteiger charge is 2.19. The van der Waals surface area contributed by atoms with Gasteiger partial charge in [0.15, 0.2) is 0 Å². The van der Waals surface area contributed by atoms with E-state index in [1.165, 1.54) is 4.80 Å². The molecule has 1 unspecified atom stereocenters. The minimum Gasteiger partial charge on any atom is -0.324 e. The average Bonchev–Trinajstić information content (AvgIpc) is 3.27. The predicted octanol–water partition coefficient (Wildman–Crippen LogP) is 2.47. The maximum atomic E-state index is 12.5. The molecule has 0 saturated carbocycles. The second kappa shape index (κ2) is 6.80. The molecule has 27 heavy (non-hydrogen) atoms. The minimum atomic E-state index is -0.664. The number of amides is 1. The number of rotatable bonds is 4. The third-order valence-electron chi connectivity index (χ3n) is 4.04. The molecule has 10 heteroatoms. The summed E-state index contributed by atoms with van der Waals surface area (Å²) in [6, 6.07) is 11.9. The lowest BCUT2D eigenvalue weighted by atomic mass is 10.2.